The second-order valence-electron chi connectivity index (χ2n) is 4.67. The van der Waals surface area contributed by atoms with Crippen molar-refractivity contribution in [1.29, 1.82) is 5.26 Å². The topological polar surface area (TPSA) is 79.2 Å². The molecule has 2 rings (SSSR count). The van der Waals surface area contributed by atoms with Crippen molar-refractivity contribution in [1.82, 2.24) is 5.32 Å². The van der Waals surface area contributed by atoms with Gasteiger partial charge in [0.25, 0.3) is 5.91 Å². The summed E-state index contributed by atoms with van der Waals surface area (Å²) >= 11 is 5.77. The van der Waals surface area contributed by atoms with Crippen molar-refractivity contribution in [2.24, 2.45) is 0 Å². The Balaban J connectivity index is 1.80. The number of esters is 1. The third-order valence-electron chi connectivity index (χ3n) is 2.96. The standard InChI is InChI=1S/C17H13ClN2O3/c18-15-6-4-12(5-7-15)10-20-16(21)11-23-17(22)14-3-1-2-13(8-14)9-19/h1-8H,10-11H2,(H,20,21). The van der Waals surface area contributed by atoms with Gasteiger partial charge in [0.2, 0.25) is 0 Å². The molecule has 0 atom stereocenters. The number of rotatable bonds is 5. The number of benzene rings is 2. The third kappa shape index (κ3) is 5.13. The van der Waals surface area contributed by atoms with Crippen LogP contribution >= 0.6 is 11.6 Å². The fourth-order valence-corrected chi connectivity index (χ4v) is 1.91. The molecular weight excluding hydrogens is 316 g/mol. The highest BCUT2D eigenvalue weighted by Crippen LogP contribution is 2.09. The molecule has 0 aliphatic rings. The molecule has 0 fully saturated rings. The van der Waals surface area contributed by atoms with E-state index in [1.165, 1.54) is 12.1 Å². The van der Waals surface area contributed by atoms with Gasteiger partial charge in [-0.3, -0.25) is 4.79 Å². The molecule has 2 aromatic rings. The summed E-state index contributed by atoms with van der Waals surface area (Å²) in [5.41, 5.74) is 1.47. The van der Waals surface area contributed by atoms with Crippen LogP contribution in [0.4, 0.5) is 0 Å². The van der Waals surface area contributed by atoms with Gasteiger partial charge >= 0.3 is 5.97 Å². The highest BCUT2D eigenvalue weighted by Gasteiger charge is 2.10. The number of nitrogens with zero attached hydrogens (tertiary/aromatic N) is 1. The summed E-state index contributed by atoms with van der Waals surface area (Å²) in [5.74, 6) is -1.06. The first-order valence-corrected chi connectivity index (χ1v) is 7.14. The van der Waals surface area contributed by atoms with Crippen molar-refractivity contribution in [3.8, 4) is 6.07 Å². The lowest BCUT2D eigenvalue weighted by Crippen LogP contribution is -2.28. The molecule has 5 nitrogen and oxygen atoms in total. The SMILES string of the molecule is N#Cc1cccc(C(=O)OCC(=O)NCc2ccc(Cl)cc2)c1. The van der Waals surface area contributed by atoms with Crippen LogP contribution < -0.4 is 5.32 Å². The van der Waals surface area contributed by atoms with Crippen LogP contribution in [0.1, 0.15) is 21.5 Å². The van der Waals surface area contributed by atoms with Crippen molar-refractivity contribution in [2.45, 2.75) is 6.54 Å². The third-order valence-corrected chi connectivity index (χ3v) is 3.22. The number of hydrogen-bond acceptors (Lipinski definition) is 4. The van der Waals surface area contributed by atoms with Crippen LogP contribution in [-0.2, 0) is 16.1 Å². The molecule has 0 aliphatic heterocycles. The number of nitriles is 1. The number of amides is 1. The van der Waals surface area contributed by atoms with E-state index in [0.717, 1.165) is 5.56 Å². The van der Waals surface area contributed by atoms with Gasteiger partial charge in [0.1, 0.15) is 0 Å². The minimum Gasteiger partial charge on any atom is -0.452 e. The van der Waals surface area contributed by atoms with Crippen LogP contribution in [0.3, 0.4) is 0 Å². The van der Waals surface area contributed by atoms with E-state index in [1.54, 1.807) is 36.4 Å². The summed E-state index contributed by atoms with van der Waals surface area (Å²) in [6.07, 6.45) is 0. The smallest absolute Gasteiger partial charge is 0.338 e. The number of ether oxygens (including phenoxy) is 1. The first-order valence-electron chi connectivity index (χ1n) is 6.77. The number of halogens is 1. The van der Waals surface area contributed by atoms with Crippen LogP contribution in [0.5, 0.6) is 0 Å². The summed E-state index contributed by atoms with van der Waals surface area (Å²) in [6, 6.07) is 15.1. The Labute approximate surface area is 138 Å². The van der Waals surface area contributed by atoms with Gasteiger partial charge in [0.15, 0.2) is 6.61 Å². The first-order chi connectivity index (χ1) is 11.1. The van der Waals surface area contributed by atoms with E-state index in [0.29, 0.717) is 17.1 Å². The predicted molar refractivity (Wildman–Crippen MR) is 84.7 cm³/mol. The summed E-state index contributed by atoms with van der Waals surface area (Å²) in [4.78, 5) is 23.5. The second kappa shape index (κ2) is 7.97. The maximum absolute atomic E-state index is 11.8. The predicted octanol–water partition coefficient (Wildman–Crippen LogP) is 2.68. The van der Waals surface area contributed by atoms with Crippen LogP contribution in [0.2, 0.25) is 5.02 Å². The van der Waals surface area contributed by atoms with Crippen LogP contribution in [0, 0.1) is 11.3 Å². The van der Waals surface area contributed by atoms with Gasteiger partial charge in [-0.2, -0.15) is 5.26 Å². The molecule has 0 unspecified atom stereocenters. The lowest BCUT2D eigenvalue weighted by atomic mass is 10.1. The molecule has 2 aromatic carbocycles. The van der Waals surface area contributed by atoms with Crippen molar-refractivity contribution in [2.75, 3.05) is 6.61 Å². The van der Waals surface area contributed by atoms with Crippen molar-refractivity contribution in [3.05, 3.63) is 70.2 Å². The average Bonchev–Trinajstić information content (AvgIpc) is 2.59. The summed E-state index contributed by atoms with van der Waals surface area (Å²) in [6.45, 7) is -0.0688. The Morgan fingerprint density at radius 1 is 1.17 bits per heavy atom. The van der Waals surface area contributed by atoms with Crippen LogP contribution in [0.15, 0.2) is 48.5 Å². The monoisotopic (exact) mass is 328 g/mol. The van der Waals surface area contributed by atoms with E-state index < -0.39 is 11.9 Å². The molecule has 0 spiro atoms. The van der Waals surface area contributed by atoms with Gasteiger partial charge in [-0.15, -0.1) is 0 Å². The minimum absolute atomic E-state index is 0.231. The molecule has 0 bridgehead atoms. The highest BCUT2D eigenvalue weighted by atomic mass is 35.5. The largest absolute Gasteiger partial charge is 0.452 e. The molecule has 116 valence electrons. The van der Waals surface area contributed by atoms with Gasteiger partial charge in [0, 0.05) is 11.6 Å². The Hall–Kier alpha value is -2.84. The summed E-state index contributed by atoms with van der Waals surface area (Å²) in [5, 5.41) is 12.0. The minimum atomic E-state index is -0.649. The van der Waals surface area contributed by atoms with E-state index in [4.69, 9.17) is 21.6 Å². The van der Waals surface area contributed by atoms with Gasteiger partial charge in [-0.25, -0.2) is 4.79 Å². The zero-order valence-corrected chi connectivity index (χ0v) is 12.8. The molecule has 0 radical (unpaired) electrons. The maximum atomic E-state index is 11.8. The van der Waals surface area contributed by atoms with Gasteiger partial charge in [-0.1, -0.05) is 29.8 Å². The Kier molecular flexibility index (Phi) is 5.73. The summed E-state index contributed by atoms with van der Waals surface area (Å²) in [7, 11) is 0. The number of nitrogens with one attached hydrogen (secondary N) is 1. The van der Waals surface area contributed by atoms with E-state index in [9.17, 15) is 9.59 Å². The van der Waals surface area contributed by atoms with Crippen LogP contribution in [0.25, 0.3) is 0 Å². The quantitative estimate of drug-likeness (QED) is 0.856. The zero-order chi connectivity index (χ0) is 16.7. The molecule has 6 heteroatoms. The molecule has 0 aromatic heterocycles. The molecular formula is C17H13ClN2O3. The van der Waals surface area contributed by atoms with E-state index >= 15 is 0 Å². The second-order valence-corrected chi connectivity index (χ2v) is 5.11. The van der Waals surface area contributed by atoms with Crippen molar-refractivity contribution >= 4 is 23.5 Å². The lowest BCUT2D eigenvalue weighted by molar-refractivity contribution is -0.124. The molecule has 0 saturated carbocycles. The van der Waals surface area contributed by atoms with Crippen molar-refractivity contribution < 1.29 is 14.3 Å². The lowest BCUT2D eigenvalue weighted by Gasteiger charge is -2.07. The molecule has 0 aliphatic carbocycles. The van der Waals surface area contributed by atoms with E-state index in [-0.39, 0.29) is 12.2 Å². The average molecular weight is 329 g/mol. The van der Waals surface area contributed by atoms with Crippen LogP contribution in [-0.4, -0.2) is 18.5 Å². The first kappa shape index (κ1) is 16.5. The van der Waals surface area contributed by atoms with E-state index in [2.05, 4.69) is 5.32 Å². The normalized spacial score (nSPS) is 9.74. The maximum Gasteiger partial charge on any atom is 0.338 e. The molecule has 1 amide bonds. The number of carbonyl (C=O) groups is 2. The highest BCUT2D eigenvalue weighted by molar-refractivity contribution is 6.30. The van der Waals surface area contributed by atoms with Gasteiger partial charge in [-0.05, 0) is 35.9 Å². The molecule has 1 N–H and O–H groups in total. The molecule has 23 heavy (non-hydrogen) atoms. The zero-order valence-electron chi connectivity index (χ0n) is 12.1. The van der Waals surface area contributed by atoms with Crippen molar-refractivity contribution in [3.63, 3.8) is 0 Å². The number of hydrogen-bond donors (Lipinski definition) is 1. The summed E-state index contributed by atoms with van der Waals surface area (Å²) < 4.78 is 4.92. The fourth-order valence-electron chi connectivity index (χ4n) is 1.78. The van der Waals surface area contributed by atoms with Gasteiger partial charge in [0.05, 0.1) is 17.2 Å². The Morgan fingerprint density at radius 3 is 2.61 bits per heavy atom. The fraction of sp³-hybridized carbons (Fsp3) is 0.118. The Bertz CT molecular complexity index is 751. The number of carbonyl (C=O) groups excluding carboxylic acids is 2. The Morgan fingerprint density at radius 2 is 1.91 bits per heavy atom. The van der Waals surface area contributed by atoms with Gasteiger partial charge < -0.3 is 10.1 Å². The van der Waals surface area contributed by atoms with E-state index in [1.807, 2.05) is 6.07 Å². The molecule has 0 saturated heterocycles. The molecule has 0 heterocycles.